The second-order valence-electron chi connectivity index (χ2n) is 5.62. The molecule has 23 heavy (non-hydrogen) atoms. The minimum atomic E-state index is -3.05. The number of fused-ring (bicyclic) bond motifs is 1. The summed E-state index contributed by atoms with van der Waals surface area (Å²) < 4.78 is 25.8. The van der Waals surface area contributed by atoms with E-state index in [0.29, 0.717) is 30.6 Å². The van der Waals surface area contributed by atoms with E-state index in [-0.39, 0.29) is 5.75 Å². The van der Waals surface area contributed by atoms with Crippen molar-refractivity contribution in [3.05, 3.63) is 33.8 Å². The molecule has 124 valence electrons. The van der Waals surface area contributed by atoms with Crippen LogP contribution in [0.3, 0.4) is 0 Å². The molecule has 1 fully saturated rings. The van der Waals surface area contributed by atoms with E-state index >= 15 is 0 Å². The monoisotopic (exact) mass is 417 g/mol. The van der Waals surface area contributed by atoms with Gasteiger partial charge in [0.25, 0.3) is 0 Å². The molecule has 2 heterocycles. The Morgan fingerprint density at radius 1 is 1.39 bits per heavy atom. The van der Waals surface area contributed by atoms with Crippen LogP contribution in [-0.2, 0) is 10.0 Å². The summed E-state index contributed by atoms with van der Waals surface area (Å²) in [4.78, 5) is 4.53. The van der Waals surface area contributed by atoms with Crippen molar-refractivity contribution < 1.29 is 8.42 Å². The number of anilines is 1. The van der Waals surface area contributed by atoms with E-state index in [1.807, 2.05) is 24.3 Å². The molecule has 3 rings (SSSR count). The fourth-order valence-electron chi connectivity index (χ4n) is 2.57. The standard InChI is InChI=1S/C15H17BrClN3O2S/c1-2-23(21,22)20-8-10(9-20)7-18-14-4-3-11-5-12(16)6-13(17)15(11)19-14/h3-6,10H,2,7-9H2,1H3,(H,18,19). The lowest BCUT2D eigenvalue weighted by atomic mass is 10.0. The zero-order valence-corrected chi connectivity index (χ0v) is 15.7. The van der Waals surface area contributed by atoms with Gasteiger partial charge in [0.05, 0.1) is 16.3 Å². The summed E-state index contributed by atoms with van der Waals surface area (Å²) in [6.07, 6.45) is 0. The van der Waals surface area contributed by atoms with Crippen LogP contribution in [0.1, 0.15) is 6.92 Å². The highest BCUT2D eigenvalue weighted by molar-refractivity contribution is 9.10. The van der Waals surface area contributed by atoms with Crippen molar-refractivity contribution in [3.63, 3.8) is 0 Å². The fraction of sp³-hybridized carbons (Fsp3) is 0.400. The first kappa shape index (κ1) is 17.0. The lowest BCUT2D eigenvalue weighted by Crippen LogP contribution is -2.52. The van der Waals surface area contributed by atoms with Crippen LogP contribution in [-0.4, -0.2) is 43.1 Å². The molecule has 2 aromatic rings. The van der Waals surface area contributed by atoms with Gasteiger partial charge in [0.1, 0.15) is 5.82 Å². The van der Waals surface area contributed by atoms with E-state index in [1.165, 1.54) is 4.31 Å². The van der Waals surface area contributed by atoms with Gasteiger partial charge >= 0.3 is 0 Å². The summed E-state index contributed by atoms with van der Waals surface area (Å²) in [5, 5.41) is 4.84. The number of hydrogen-bond donors (Lipinski definition) is 1. The number of sulfonamides is 1. The molecular weight excluding hydrogens is 402 g/mol. The molecule has 0 saturated carbocycles. The molecule has 0 radical (unpaired) electrons. The summed E-state index contributed by atoms with van der Waals surface area (Å²) in [5.41, 5.74) is 0.753. The van der Waals surface area contributed by atoms with Crippen LogP contribution in [0.2, 0.25) is 5.02 Å². The quantitative estimate of drug-likeness (QED) is 0.809. The maximum Gasteiger partial charge on any atom is 0.213 e. The van der Waals surface area contributed by atoms with Gasteiger partial charge in [-0.3, -0.25) is 0 Å². The van der Waals surface area contributed by atoms with Gasteiger partial charge in [-0.25, -0.2) is 17.7 Å². The Balaban J connectivity index is 1.63. The molecule has 0 amide bonds. The number of halogens is 2. The predicted molar refractivity (Wildman–Crippen MR) is 97.5 cm³/mol. The molecule has 8 heteroatoms. The van der Waals surface area contributed by atoms with Crippen molar-refractivity contribution in [1.29, 1.82) is 0 Å². The van der Waals surface area contributed by atoms with E-state index < -0.39 is 10.0 Å². The zero-order chi connectivity index (χ0) is 16.6. The van der Waals surface area contributed by atoms with Crippen LogP contribution in [0.5, 0.6) is 0 Å². The summed E-state index contributed by atoms with van der Waals surface area (Å²) >= 11 is 9.64. The number of benzene rings is 1. The maximum absolute atomic E-state index is 11.7. The molecule has 1 N–H and O–H groups in total. The minimum Gasteiger partial charge on any atom is -0.370 e. The van der Waals surface area contributed by atoms with Gasteiger partial charge in [-0.2, -0.15) is 0 Å². The summed E-state index contributed by atoms with van der Waals surface area (Å²) in [5.74, 6) is 1.22. The van der Waals surface area contributed by atoms with E-state index in [0.717, 1.165) is 21.2 Å². The molecule has 1 saturated heterocycles. The van der Waals surface area contributed by atoms with Gasteiger partial charge in [0.2, 0.25) is 10.0 Å². The SMILES string of the molecule is CCS(=O)(=O)N1CC(CNc2ccc3cc(Br)cc(Cl)c3n2)C1. The highest BCUT2D eigenvalue weighted by Crippen LogP contribution is 2.28. The van der Waals surface area contributed by atoms with Crippen molar-refractivity contribution in [2.24, 2.45) is 5.92 Å². The average Bonchev–Trinajstić information content (AvgIpc) is 2.45. The first-order valence-corrected chi connectivity index (χ1v) is 10.1. The van der Waals surface area contributed by atoms with E-state index in [2.05, 4.69) is 26.2 Å². The molecule has 1 aromatic heterocycles. The van der Waals surface area contributed by atoms with Crippen LogP contribution in [0.4, 0.5) is 5.82 Å². The van der Waals surface area contributed by atoms with E-state index in [9.17, 15) is 8.42 Å². The first-order valence-electron chi connectivity index (χ1n) is 7.36. The van der Waals surface area contributed by atoms with Crippen molar-refractivity contribution in [2.75, 3.05) is 30.7 Å². The summed E-state index contributed by atoms with van der Waals surface area (Å²) in [7, 11) is -3.05. The van der Waals surface area contributed by atoms with E-state index in [4.69, 9.17) is 11.6 Å². The van der Waals surface area contributed by atoms with Crippen LogP contribution in [0.15, 0.2) is 28.7 Å². The van der Waals surface area contributed by atoms with Crippen molar-refractivity contribution in [1.82, 2.24) is 9.29 Å². The Morgan fingerprint density at radius 2 is 2.13 bits per heavy atom. The molecule has 1 aromatic carbocycles. The van der Waals surface area contributed by atoms with Gasteiger partial charge in [0, 0.05) is 35.4 Å². The van der Waals surface area contributed by atoms with Crippen molar-refractivity contribution in [3.8, 4) is 0 Å². The van der Waals surface area contributed by atoms with Gasteiger partial charge in [0.15, 0.2) is 0 Å². The lowest BCUT2D eigenvalue weighted by molar-refractivity contribution is 0.212. The Hall–Kier alpha value is -0.890. The number of nitrogens with zero attached hydrogens (tertiary/aromatic N) is 2. The first-order chi connectivity index (χ1) is 10.9. The predicted octanol–water partition coefficient (Wildman–Crippen LogP) is 3.34. The molecule has 1 aliphatic rings. The molecule has 0 bridgehead atoms. The third-order valence-corrected chi connectivity index (χ3v) is 6.52. The van der Waals surface area contributed by atoms with Crippen LogP contribution >= 0.6 is 27.5 Å². The number of nitrogens with one attached hydrogen (secondary N) is 1. The Morgan fingerprint density at radius 3 is 2.83 bits per heavy atom. The Kier molecular flexibility index (Phi) is 4.83. The molecule has 1 aliphatic heterocycles. The van der Waals surface area contributed by atoms with Gasteiger partial charge in [-0.1, -0.05) is 27.5 Å². The van der Waals surface area contributed by atoms with Crippen LogP contribution in [0, 0.1) is 5.92 Å². The topological polar surface area (TPSA) is 62.3 Å². The number of pyridine rings is 1. The fourth-order valence-corrected chi connectivity index (χ4v) is 4.68. The smallest absolute Gasteiger partial charge is 0.213 e. The highest BCUT2D eigenvalue weighted by Gasteiger charge is 2.34. The number of aromatic nitrogens is 1. The lowest BCUT2D eigenvalue weighted by Gasteiger charge is -2.38. The zero-order valence-electron chi connectivity index (χ0n) is 12.6. The molecule has 5 nitrogen and oxygen atoms in total. The summed E-state index contributed by atoms with van der Waals surface area (Å²) in [6.45, 7) is 3.51. The van der Waals surface area contributed by atoms with Crippen LogP contribution in [0.25, 0.3) is 10.9 Å². The Bertz CT molecular complexity index is 838. The molecule has 0 unspecified atom stereocenters. The minimum absolute atomic E-state index is 0.160. The highest BCUT2D eigenvalue weighted by atomic mass is 79.9. The number of rotatable bonds is 5. The van der Waals surface area contributed by atoms with Gasteiger partial charge in [-0.15, -0.1) is 0 Å². The number of hydrogen-bond acceptors (Lipinski definition) is 4. The third kappa shape index (κ3) is 3.63. The molecule has 0 spiro atoms. The molecular formula is C15H17BrClN3O2S. The Labute approximate surface area is 149 Å². The maximum atomic E-state index is 11.7. The largest absolute Gasteiger partial charge is 0.370 e. The average molecular weight is 419 g/mol. The normalized spacial score (nSPS) is 16.5. The van der Waals surface area contributed by atoms with Crippen LogP contribution < -0.4 is 5.32 Å². The van der Waals surface area contributed by atoms with Crippen molar-refractivity contribution >= 4 is 54.3 Å². The van der Waals surface area contributed by atoms with Crippen molar-refractivity contribution in [2.45, 2.75) is 6.92 Å². The third-order valence-electron chi connectivity index (χ3n) is 3.96. The second-order valence-corrected chi connectivity index (χ2v) is 9.20. The summed E-state index contributed by atoms with van der Waals surface area (Å²) in [6, 6.07) is 7.66. The molecule has 0 aliphatic carbocycles. The van der Waals surface area contributed by atoms with Gasteiger partial charge in [-0.05, 0) is 31.2 Å². The van der Waals surface area contributed by atoms with E-state index in [1.54, 1.807) is 6.92 Å². The van der Waals surface area contributed by atoms with Gasteiger partial charge < -0.3 is 5.32 Å². The molecule has 0 atom stereocenters. The second kappa shape index (κ2) is 6.55.